The first kappa shape index (κ1) is 13.4. The van der Waals surface area contributed by atoms with Crippen molar-refractivity contribution in [3.8, 4) is 0 Å². The predicted octanol–water partition coefficient (Wildman–Crippen LogP) is 3.44. The first-order valence-electron chi connectivity index (χ1n) is 6.44. The van der Waals surface area contributed by atoms with Crippen LogP contribution in [-0.2, 0) is 19.9 Å². The lowest BCUT2D eigenvalue weighted by Gasteiger charge is -2.01. The minimum Gasteiger partial charge on any atom is -0.375 e. The molecule has 3 aromatic rings. The highest BCUT2D eigenvalue weighted by atomic mass is 35.5. The number of nitrogen functional groups attached to an aromatic ring is 1. The van der Waals surface area contributed by atoms with Crippen molar-refractivity contribution >= 4 is 39.1 Å². The van der Waals surface area contributed by atoms with E-state index >= 15 is 0 Å². The number of imidazole rings is 1. The van der Waals surface area contributed by atoms with E-state index in [1.807, 2.05) is 30.6 Å². The fourth-order valence-electron chi connectivity index (χ4n) is 2.30. The number of benzene rings is 1. The van der Waals surface area contributed by atoms with Crippen molar-refractivity contribution in [1.82, 2.24) is 14.5 Å². The number of halogens is 1. The van der Waals surface area contributed by atoms with E-state index in [-0.39, 0.29) is 0 Å². The lowest BCUT2D eigenvalue weighted by molar-refractivity contribution is 0.727. The van der Waals surface area contributed by atoms with Gasteiger partial charge in [-0.2, -0.15) is 0 Å². The monoisotopic (exact) mass is 306 g/mol. The molecule has 0 atom stereocenters. The van der Waals surface area contributed by atoms with Crippen LogP contribution in [0.15, 0.2) is 23.6 Å². The SMILES string of the molecule is Cn1c(CCCc2csc(N)n2)nc2ccc(Cl)cc21. The lowest BCUT2D eigenvalue weighted by Crippen LogP contribution is -1.99. The van der Waals surface area contributed by atoms with Gasteiger partial charge in [0.25, 0.3) is 0 Å². The van der Waals surface area contributed by atoms with Crippen molar-refractivity contribution in [3.63, 3.8) is 0 Å². The topological polar surface area (TPSA) is 56.7 Å². The van der Waals surface area contributed by atoms with Gasteiger partial charge in [0.1, 0.15) is 5.82 Å². The highest BCUT2D eigenvalue weighted by Crippen LogP contribution is 2.21. The fraction of sp³-hybridized carbons (Fsp3) is 0.286. The summed E-state index contributed by atoms with van der Waals surface area (Å²) in [5.41, 5.74) is 8.76. The summed E-state index contributed by atoms with van der Waals surface area (Å²) in [5.74, 6) is 1.07. The minimum atomic E-state index is 0.636. The summed E-state index contributed by atoms with van der Waals surface area (Å²) in [7, 11) is 2.03. The Balaban J connectivity index is 1.72. The van der Waals surface area contributed by atoms with E-state index in [1.54, 1.807) is 0 Å². The highest BCUT2D eigenvalue weighted by molar-refractivity contribution is 7.13. The number of nitrogens with two attached hydrogens (primary N) is 1. The van der Waals surface area contributed by atoms with Gasteiger partial charge in [0.05, 0.1) is 16.7 Å². The van der Waals surface area contributed by atoms with E-state index in [0.717, 1.165) is 46.8 Å². The molecule has 6 heteroatoms. The van der Waals surface area contributed by atoms with Gasteiger partial charge in [-0.1, -0.05) is 11.6 Å². The Morgan fingerprint density at radius 3 is 2.90 bits per heavy atom. The summed E-state index contributed by atoms with van der Waals surface area (Å²) in [6, 6.07) is 5.79. The zero-order valence-corrected chi connectivity index (χ0v) is 12.7. The Bertz CT molecular complexity index is 747. The number of nitrogens with zero attached hydrogens (tertiary/aromatic N) is 3. The Morgan fingerprint density at radius 1 is 1.30 bits per heavy atom. The summed E-state index contributed by atoms with van der Waals surface area (Å²) in [4.78, 5) is 8.92. The van der Waals surface area contributed by atoms with E-state index in [2.05, 4.69) is 14.5 Å². The zero-order valence-electron chi connectivity index (χ0n) is 11.1. The third-order valence-electron chi connectivity index (χ3n) is 3.34. The van der Waals surface area contributed by atoms with Crippen molar-refractivity contribution in [1.29, 1.82) is 0 Å². The summed E-state index contributed by atoms with van der Waals surface area (Å²) in [6.07, 6.45) is 2.85. The third kappa shape index (κ3) is 2.64. The molecule has 20 heavy (non-hydrogen) atoms. The van der Waals surface area contributed by atoms with Crippen molar-refractivity contribution in [2.75, 3.05) is 5.73 Å². The van der Waals surface area contributed by atoms with E-state index in [4.69, 9.17) is 17.3 Å². The van der Waals surface area contributed by atoms with Crippen LogP contribution in [0.4, 0.5) is 5.13 Å². The van der Waals surface area contributed by atoms with Crippen LogP contribution in [0.5, 0.6) is 0 Å². The standard InChI is InChI=1S/C14H15ClN4S/c1-19-12-7-9(15)5-6-11(12)18-13(19)4-2-3-10-8-20-14(16)17-10/h5-8H,2-4H2,1H3,(H2,16,17). The summed E-state index contributed by atoms with van der Waals surface area (Å²) < 4.78 is 2.11. The molecule has 2 N–H and O–H groups in total. The number of anilines is 1. The van der Waals surface area contributed by atoms with Gasteiger partial charge >= 0.3 is 0 Å². The van der Waals surface area contributed by atoms with Crippen molar-refractivity contribution in [2.45, 2.75) is 19.3 Å². The van der Waals surface area contributed by atoms with Crippen molar-refractivity contribution in [3.05, 3.63) is 40.1 Å². The second-order valence-corrected chi connectivity index (χ2v) is 6.08. The van der Waals surface area contributed by atoms with Crippen LogP contribution in [0.2, 0.25) is 5.02 Å². The van der Waals surface area contributed by atoms with Gasteiger partial charge in [-0.3, -0.25) is 0 Å². The van der Waals surface area contributed by atoms with Crippen LogP contribution in [-0.4, -0.2) is 14.5 Å². The van der Waals surface area contributed by atoms with Gasteiger partial charge in [0.2, 0.25) is 0 Å². The molecule has 0 aliphatic heterocycles. The van der Waals surface area contributed by atoms with Gasteiger partial charge in [-0.05, 0) is 31.0 Å². The number of hydrogen-bond donors (Lipinski definition) is 1. The molecule has 1 aromatic carbocycles. The number of aromatic nitrogens is 3. The number of fused-ring (bicyclic) bond motifs is 1. The van der Waals surface area contributed by atoms with Gasteiger partial charge in [0.15, 0.2) is 5.13 Å². The average molecular weight is 307 g/mol. The molecule has 2 aromatic heterocycles. The Labute approximate surface area is 126 Å². The molecule has 0 bridgehead atoms. The zero-order chi connectivity index (χ0) is 14.1. The molecular weight excluding hydrogens is 292 g/mol. The first-order chi connectivity index (χ1) is 9.63. The average Bonchev–Trinajstić information content (AvgIpc) is 2.96. The summed E-state index contributed by atoms with van der Waals surface area (Å²) in [5, 5.41) is 3.40. The van der Waals surface area contributed by atoms with Gasteiger partial charge in [-0.25, -0.2) is 9.97 Å². The van der Waals surface area contributed by atoms with Crippen molar-refractivity contribution in [2.24, 2.45) is 7.05 Å². The smallest absolute Gasteiger partial charge is 0.180 e. The van der Waals surface area contributed by atoms with Crippen LogP contribution in [0, 0.1) is 0 Å². The molecule has 0 radical (unpaired) electrons. The van der Waals surface area contributed by atoms with Crippen LogP contribution in [0.1, 0.15) is 17.9 Å². The maximum Gasteiger partial charge on any atom is 0.180 e. The van der Waals surface area contributed by atoms with Crippen LogP contribution in [0.25, 0.3) is 11.0 Å². The Hall–Kier alpha value is -1.59. The van der Waals surface area contributed by atoms with E-state index in [1.165, 1.54) is 11.3 Å². The van der Waals surface area contributed by atoms with Gasteiger partial charge in [-0.15, -0.1) is 11.3 Å². The molecule has 3 rings (SSSR count). The molecule has 104 valence electrons. The highest BCUT2D eigenvalue weighted by Gasteiger charge is 2.08. The molecule has 0 aliphatic rings. The lowest BCUT2D eigenvalue weighted by atomic mass is 10.2. The van der Waals surface area contributed by atoms with Crippen LogP contribution >= 0.6 is 22.9 Å². The molecule has 0 fully saturated rings. The van der Waals surface area contributed by atoms with Crippen molar-refractivity contribution < 1.29 is 0 Å². The van der Waals surface area contributed by atoms with Crippen LogP contribution < -0.4 is 5.73 Å². The number of aryl methyl sites for hydroxylation is 3. The van der Waals surface area contributed by atoms with Crippen LogP contribution in [0.3, 0.4) is 0 Å². The Morgan fingerprint density at radius 2 is 2.15 bits per heavy atom. The second kappa shape index (κ2) is 5.42. The number of rotatable bonds is 4. The molecule has 4 nitrogen and oxygen atoms in total. The number of thiazole rings is 1. The molecule has 2 heterocycles. The summed E-state index contributed by atoms with van der Waals surface area (Å²) >= 11 is 7.52. The van der Waals surface area contributed by atoms with Gasteiger partial charge in [0, 0.05) is 23.9 Å². The van der Waals surface area contributed by atoms with E-state index in [0.29, 0.717) is 5.13 Å². The summed E-state index contributed by atoms with van der Waals surface area (Å²) in [6.45, 7) is 0. The third-order valence-corrected chi connectivity index (χ3v) is 4.30. The normalized spacial score (nSPS) is 11.3. The molecule has 0 saturated carbocycles. The fourth-order valence-corrected chi connectivity index (χ4v) is 3.07. The predicted molar refractivity (Wildman–Crippen MR) is 84.3 cm³/mol. The maximum atomic E-state index is 6.03. The van der Waals surface area contributed by atoms with E-state index < -0.39 is 0 Å². The maximum absolute atomic E-state index is 6.03. The molecular formula is C14H15ClN4S. The molecule has 0 amide bonds. The largest absolute Gasteiger partial charge is 0.375 e. The number of hydrogen-bond acceptors (Lipinski definition) is 4. The first-order valence-corrected chi connectivity index (χ1v) is 7.70. The van der Waals surface area contributed by atoms with Gasteiger partial charge < -0.3 is 10.3 Å². The molecule has 0 saturated heterocycles. The minimum absolute atomic E-state index is 0.636. The molecule has 0 aliphatic carbocycles. The quantitative estimate of drug-likeness (QED) is 0.803. The molecule has 0 unspecified atom stereocenters. The van der Waals surface area contributed by atoms with E-state index in [9.17, 15) is 0 Å². The molecule has 0 spiro atoms. The second-order valence-electron chi connectivity index (χ2n) is 4.75. The Kier molecular flexibility index (Phi) is 3.63.